The summed E-state index contributed by atoms with van der Waals surface area (Å²) in [6, 6.07) is 37.7. The van der Waals surface area contributed by atoms with Gasteiger partial charge in [-0.1, -0.05) is 88.4 Å². The lowest BCUT2D eigenvalue weighted by Crippen LogP contribution is -2.32. The lowest BCUT2D eigenvalue weighted by Gasteiger charge is -2.24. The van der Waals surface area contributed by atoms with E-state index in [4.69, 9.17) is 0 Å². The van der Waals surface area contributed by atoms with Crippen LogP contribution in [0.2, 0.25) is 0 Å². The number of hydrogen-bond acceptors (Lipinski definition) is 0. The Bertz CT molecular complexity index is 1790. The number of nitrogens with zero attached hydrogens (tertiary/aromatic N) is 2. The van der Waals surface area contributed by atoms with E-state index in [-0.39, 0.29) is 0 Å². The predicted octanol–water partition coefficient (Wildman–Crippen LogP) is 9.50. The van der Waals surface area contributed by atoms with E-state index in [2.05, 4.69) is 154 Å². The van der Waals surface area contributed by atoms with Gasteiger partial charge >= 0.3 is 0 Å². The highest BCUT2D eigenvalue weighted by atomic mass is 15.0. The zero-order valence-corrected chi connectivity index (χ0v) is 23.9. The SMILES string of the molecule is Cc1c(-c2ccc3ccccc3[n+]2C)n(-c2c(C(C)C)cc(-c3ccccc3)cc2C(C)C)c2ccccc12. The van der Waals surface area contributed by atoms with Crippen LogP contribution in [0.15, 0.2) is 103 Å². The number of fused-ring (bicyclic) bond motifs is 2. The zero-order valence-electron chi connectivity index (χ0n) is 23.9. The van der Waals surface area contributed by atoms with Gasteiger partial charge in [-0.3, -0.25) is 0 Å². The molecule has 0 saturated carbocycles. The van der Waals surface area contributed by atoms with Crippen LogP contribution in [0.1, 0.15) is 56.2 Å². The third kappa shape index (κ3) is 4.15. The molecule has 0 fully saturated rings. The van der Waals surface area contributed by atoms with E-state index >= 15 is 0 Å². The molecule has 2 aromatic heterocycles. The summed E-state index contributed by atoms with van der Waals surface area (Å²) in [5.74, 6) is 0.724. The lowest BCUT2D eigenvalue weighted by atomic mass is 9.88. The first-order chi connectivity index (χ1) is 18.9. The van der Waals surface area contributed by atoms with E-state index < -0.39 is 0 Å². The maximum Gasteiger partial charge on any atom is 0.230 e. The van der Waals surface area contributed by atoms with Crippen LogP contribution >= 0.6 is 0 Å². The molecule has 0 aliphatic carbocycles. The van der Waals surface area contributed by atoms with Gasteiger partial charge in [0.15, 0.2) is 0 Å². The number of pyridine rings is 1. The Morgan fingerprint density at radius 1 is 0.641 bits per heavy atom. The van der Waals surface area contributed by atoms with Gasteiger partial charge in [-0.15, -0.1) is 0 Å². The van der Waals surface area contributed by atoms with E-state index in [9.17, 15) is 0 Å². The third-order valence-corrected chi connectivity index (χ3v) is 8.19. The molecule has 0 unspecified atom stereocenters. The average molecular weight is 510 g/mol. The van der Waals surface area contributed by atoms with Crippen LogP contribution in [0.3, 0.4) is 0 Å². The molecule has 4 aromatic carbocycles. The van der Waals surface area contributed by atoms with Crippen molar-refractivity contribution < 1.29 is 4.57 Å². The third-order valence-electron chi connectivity index (χ3n) is 8.19. The van der Waals surface area contributed by atoms with Crippen molar-refractivity contribution >= 4 is 21.8 Å². The number of hydrogen-bond donors (Lipinski definition) is 0. The zero-order chi connectivity index (χ0) is 27.3. The highest BCUT2D eigenvalue weighted by Gasteiger charge is 2.28. The Kier molecular flexibility index (Phi) is 6.35. The summed E-state index contributed by atoms with van der Waals surface area (Å²) in [6.07, 6.45) is 0. The molecule has 2 heterocycles. The molecule has 0 aliphatic heterocycles. The first kappa shape index (κ1) is 25.1. The second kappa shape index (κ2) is 9.85. The molecule has 0 bridgehead atoms. The van der Waals surface area contributed by atoms with E-state index in [1.807, 2.05) is 0 Å². The molecule has 0 atom stereocenters. The quantitative estimate of drug-likeness (QED) is 0.205. The molecule has 194 valence electrons. The Balaban J connectivity index is 1.76. The first-order valence-electron chi connectivity index (χ1n) is 14.1. The normalized spacial score (nSPS) is 11.8. The van der Waals surface area contributed by atoms with Gasteiger partial charge in [-0.05, 0) is 76.9 Å². The number of benzene rings is 4. The number of aryl methyl sites for hydroxylation is 2. The first-order valence-corrected chi connectivity index (χ1v) is 14.1. The Morgan fingerprint density at radius 2 is 1.26 bits per heavy atom. The van der Waals surface area contributed by atoms with Gasteiger partial charge in [-0.2, -0.15) is 4.57 Å². The van der Waals surface area contributed by atoms with Gasteiger partial charge in [0, 0.05) is 22.9 Å². The van der Waals surface area contributed by atoms with Crippen molar-refractivity contribution in [2.75, 3.05) is 0 Å². The predicted molar refractivity (Wildman–Crippen MR) is 166 cm³/mol. The summed E-state index contributed by atoms with van der Waals surface area (Å²) in [7, 11) is 2.20. The van der Waals surface area contributed by atoms with Crippen molar-refractivity contribution in [3.05, 3.63) is 120 Å². The van der Waals surface area contributed by atoms with Crippen molar-refractivity contribution in [3.8, 4) is 28.2 Å². The van der Waals surface area contributed by atoms with E-state index in [0.717, 1.165) is 0 Å². The van der Waals surface area contributed by atoms with Crippen molar-refractivity contribution in [1.29, 1.82) is 0 Å². The molecular formula is C37H37N2+. The van der Waals surface area contributed by atoms with E-state index in [0.29, 0.717) is 11.8 Å². The van der Waals surface area contributed by atoms with Crippen LogP contribution < -0.4 is 4.57 Å². The molecule has 0 amide bonds. The fourth-order valence-electron chi connectivity index (χ4n) is 6.14. The Morgan fingerprint density at radius 3 is 1.95 bits per heavy atom. The molecule has 0 spiro atoms. The van der Waals surface area contributed by atoms with Gasteiger partial charge in [0.05, 0.1) is 11.2 Å². The molecule has 6 rings (SSSR count). The summed E-state index contributed by atoms with van der Waals surface area (Å²) in [6.45, 7) is 11.6. The van der Waals surface area contributed by atoms with E-state index in [1.165, 1.54) is 66.7 Å². The summed E-state index contributed by atoms with van der Waals surface area (Å²) >= 11 is 0. The van der Waals surface area contributed by atoms with Crippen LogP contribution in [0.5, 0.6) is 0 Å². The maximum absolute atomic E-state index is 2.56. The Hall–Kier alpha value is -4.17. The molecule has 2 heteroatoms. The summed E-state index contributed by atoms with van der Waals surface area (Å²) in [5, 5.41) is 2.55. The van der Waals surface area contributed by atoms with Crippen LogP contribution in [-0.4, -0.2) is 4.57 Å². The smallest absolute Gasteiger partial charge is 0.230 e. The highest BCUT2D eigenvalue weighted by molar-refractivity contribution is 5.94. The monoisotopic (exact) mass is 509 g/mol. The molecule has 6 aromatic rings. The topological polar surface area (TPSA) is 8.81 Å². The minimum Gasteiger partial charge on any atom is -0.303 e. The van der Waals surface area contributed by atoms with Crippen molar-refractivity contribution in [3.63, 3.8) is 0 Å². The highest BCUT2D eigenvalue weighted by Crippen LogP contribution is 2.42. The lowest BCUT2D eigenvalue weighted by molar-refractivity contribution is -0.633. The summed E-state index contributed by atoms with van der Waals surface area (Å²) in [4.78, 5) is 0. The minimum atomic E-state index is 0.362. The molecule has 2 nitrogen and oxygen atoms in total. The standard InChI is InChI=1S/C37H37N2/c1-24(2)31-22-29(27-14-8-7-9-15-27)23-32(25(3)4)37(31)39-34-19-13-11-17-30(34)26(5)36(39)35-21-20-28-16-10-12-18-33(28)38(35)6/h7-25H,1-6H3/q+1. The summed E-state index contributed by atoms with van der Waals surface area (Å²) < 4.78 is 4.92. The second-order valence-electron chi connectivity index (χ2n) is 11.3. The molecule has 39 heavy (non-hydrogen) atoms. The van der Waals surface area contributed by atoms with Crippen LogP contribution in [0.25, 0.3) is 50.0 Å². The van der Waals surface area contributed by atoms with Crippen LogP contribution in [-0.2, 0) is 7.05 Å². The fourth-order valence-corrected chi connectivity index (χ4v) is 6.14. The minimum absolute atomic E-state index is 0.362. The van der Waals surface area contributed by atoms with E-state index in [1.54, 1.807) is 0 Å². The van der Waals surface area contributed by atoms with Crippen molar-refractivity contribution in [2.24, 2.45) is 7.05 Å². The molecule has 0 radical (unpaired) electrons. The van der Waals surface area contributed by atoms with Crippen LogP contribution in [0.4, 0.5) is 0 Å². The number of para-hydroxylation sites is 2. The fraction of sp³-hybridized carbons (Fsp3) is 0.216. The molecular weight excluding hydrogens is 472 g/mol. The maximum atomic E-state index is 2.56. The number of rotatable bonds is 5. The molecule has 0 aliphatic rings. The second-order valence-corrected chi connectivity index (χ2v) is 11.3. The van der Waals surface area contributed by atoms with Gasteiger partial charge in [0.1, 0.15) is 12.7 Å². The summed E-state index contributed by atoms with van der Waals surface area (Å²) in [5.41, 5.74) is 12.9. The molecule has 0 saturated heterocycles. The number of aromatic nitrogens is 2. The molecule has 0 N–H and O–H groups in total. The average Bonchev–Trinajstić information content (AvgIpc) is 3.24. The van der Waals surface area contributed by atoms with Gasteiger partial charge in [0.25, 0.3) is 0 Å². The Labute approximate surface area is 232 Å². The van der Waals surface area contributed by atoms with Crippen molar-refractivity contribution in [1.82, 2.24) is 4.57 Å². The van der Waals surface area contributed by atoms with Crippen LogP contribution in [0, 0.1) is 6.92 Å². The largest absolute Gasteiger partial charge is 0.303 e. The van der Waals surface area contributed by atoms with Gasteiger partial charge in [0.2, 0.25) is 11.2 Å². The van der Waals surface area contributed by atoms with Gasteiger partial charge in [-0.25, -0.2) is 0 Å². The van der Waals surface area contributed by atoms with Gasteiger partial charge < -0.3 is 4.57 Å². The van der Waals surface area contributed by atoms with Crippen molar-refractivity contribution in [2.45, 2.75) is 46.5 Å².